The quantitative estimate of drug-likeness (QED) is 0.822. The molecule has 0 bridgehead atoms. The van der Waals surface area contributed by atoms with Crippen LogP contribution in [0.2, 0.25) is 0 Å². The van der Waals surface area contributed by atoms with Crippen molar-refractivity contribution in [3.05, 3.63) is 53.6 Å². The third kappa shape index (κ3) is 4.65. The number of methoxy groups -OCH3 is 1. The number of carbonyl (C=O) groups excluding carboxylic acids is 2. The van der Waals surface area contributed by atoms with Crippen molar-refractivity contribution in [3.63, 3.8) is 0 Å². The number of nitrogens with one attached hydrogen (secondary N) is 1. The van der Waals surface area contributed by atoms with Crippen molar-refractivity contribution >= 4 is 23.2 Å². The zero-order valence-electron chi connectivity index (χ0n) is 15.7. The van der Waals surface area contributed by atoms with Crippen LogP contribution in [0, 0.1) is 0 Å². The van der Waals surface area contributed by atoms with E-state index in [1.165, 1.54) is 0 Å². The van der Waals surface area contributed by atoms with Crippen LogP contribution < -0.4 is 20.7 Å². The molecule has 3 N–H and O–H groups in total. The van der Waals surface area contributed by atoms with Crippen molar-refractivity contribution in [3.8, 4) is 5.75 Å². The minimum atomic E-state index is -0.194. The number of rotatable bonds is 6. The van der Waals surface area contributed by atoms with E-state index in [1.54, 1.807) is 18.9 Å². The monoisotopic (exact) mass is 367 g/mol. The molecular formula is C21H25N3O3. The minimum absolute atomic E-state index is 0.0288. The van der Waals surface area contributed by atoms with Gasteiger partial charge in [0.15, 0.2) is 0 Å². The lowest BCUT2D eigenvalue weighted by Crippen LogP contribution is -2.30. The first-order valence-electron chi connectivity index (χ1n) is 9.08. The van der Waals surface area contributed by atoms with Crippen molar-refractivity contribution in [1.82, 2.24) is 0 Å². The number of carbonyl (C=O) groups is 2. The predicted octanol–water partition coefficient (Wildman–Crippen LogP) is 2.50. The highest BCUT2D eigenvalue weighted by molar-refractivity contribution is 5.98. The van der Waals surface area contributed by atoms with E-state index in [0.29, 0.717) is 18.7 Å². The van der Waals surface area contributed by atoms with E-state index in [-0.39, 0.29) is 24.3 Å². The van der Waals surface area contributed by atoms with Crippen LogP contribution in [0.1, 0.15) is 24.5 Å². The number of hydrogen-bond donors (Lipinski definition) is 2. The summed E-state index contributed by atoms with van der Waals surface area (Å²) in [5.41, 5.74) is 9.24. The van der Waals surface area contributed by atoms with Crippen LogP contribution in [0.3, 0.4) is 0 Å². The average molecular weight is 367 g/mol. The number of fused-ring (bicyclic) bond motifs is 1. The van der Waals surface area contributed by atoms with E-state index in [4.69, 9.17) is 10.5 Å². The lowest BCUT2D eigenvalue weighted by atomic mass is 10.1. The van der Waals surface area contributed by atoms with Crippen LogP contribution >= 0.6 is 0 Å². The standard InChI is InChI=1S/C21H25N3O3/c1-14(22)10-20(25)23-17-7-6-16-8-9-24(19(16)13-17)21(26)12-15-4-3-5-18(11-15)27-2/h3-7,11,13-14H,8-10,12,22H2,1-2H3,(H,23,25). The van der Waals surface area contributed by atoms with Crippen LogP contribution in [0.25, 0.3) is 0 Å². The Morgan fingerprint density at radius 1 is 1.26 bits per heavy atom. The fraction of sp³-hybridized carbons (Fsp3) is 0.333. The van der Waals surface area contributed by atoms with Gasteiger partial charge in [0, 0.05) is 30.4 Å². The number of nitrogens with zero attached hydrogens (tertiary/aromatic N) is 1. The third-order valence-electron chi connectivity index (χ3n) is 4.56. The molecule has 3 rings (SSSR count). The van der Waals surface area contributed by atoms with Crippen LogP contribution in [-0.2, 0) is 22.4 Å². The van der Waals surface area contributed by atoms with E-state index in [9.17, 15) is 9.59 Å². The summed E-state index contributed by atoms with van der Waals surface area (Å²) >= 11 is 0. The smallest absolute Gasteiger partial charge is 0.231 e. The van der Waals surface area contributed by atoms with E-state index in [2.05, 4.69) is 5.32 Å². The topological polar surface area (TPSA) is 84.7 Å². The van der Waals surface area contributed by atoms with E-state index in [1.807, 2.05) is 42.5 Å². The lowest BCUT2D eigenvalue weighted by molar-refractivity contribution is -0.118. The Kier molecular flexibility index (Phi) is 5.76. The van der Waals surface area contributed by atoms with E-state index < -0.39 is 0 Å². The van der Waals surface area contributed by atoms with Gasteiger partial charge in [-0.05, 0) is 48.7 Å². The normalized spacial score (nSPS) is 13.8. The van der Waals surface area contributed by atoms with Gasteiger partial charge in [0.2, 0.25) is 11.8 Å². The summed E-state index contributed by atoms with van der Waals surface area (Å²) in [6.45, 7) is 2.44. The number of ether oxygens (including phenoxy) is 1. The van der Waals surface area contributed by atoms with Gasteiger partial charge in [-0.3, -0.25) is 9.59 Å². The molecule has 0 fully saturated rings. The zero-order valence-corrected chi connectivity index (χ0v) is 15.7. The Hall–Kier alpha value is -2.86. The average Bonchev–Trinajstić information content (AvgIpc) is 3.04. The van der Waals surface area contributed by atoms with Gasteiger partial charge in [-0.2, -0.15) is 0 Å². The van der Waals surface area contributed by atoms with Crippen molar-refractivity contribution < 1.29 is 14.3 Å². The molecule has 6 nitrogen and oxygen atoms in total. The minimum Gasteiger partial charge on any atom is -0.497 e. The molecule has 27 heavy (non-hydrogen) atoms. The molecule has 1 aliphatic rings. The molecule has 2 amide bonds. The van der Waals surface area contributed by atoms with Crippen LogP contribution in [0.5, 0.6) is 5.75 Å². The number of anilines is 2. The second-order valence-corrected chi connectivity index (χ2v) is 6.90. The second-order valence-electron chi connectivity index (χ2n) is 6.90. The first-order valence-corrected chi connectivity index (χ1v) is 9.08. The van der Waals surface area contributed by atoms with E-state index in [0.717, 1.165) is 29.0 Å². The zero-order chi connectivity index (χ0) is 19.4. The van der Waals surface area contributed by atoms with Gasteiger partial charge in [-0.1, -0.05) is 18.2 Å². The van der Waals surface area contributed by atoms with Gasteiger partial charge >= 0.3 is 0 Å². The maximum Gasteiger partial charge on any atom is 0.231 e. The molecule has 0 aliphatic carbocycles. The number of benzene rings is 2. The Labute approximate surface area is 159 Å². The van der Waals surface area contributed by atoms with E-state index >= 15 is 0 Å². The fourth-order valence-corrected chi connectivity index (χ4v) is 3.27. The fourth-order valence-electron chi connectivity index (χ4n) is 3.27. The van der Waals surface area contributed by atoms with Crippen molar-refractivity contribution in [2.45, 2.75) is 32.2 Å². The van der Waals surface area contributed by atoms with Crippen LogP contribution in [-0.4, -0.2) is 31.5 Å². The first kappa shape index (κ1) is 18.9. The number of hydrogen-bond acceptors (Lipinski definition) is 4. The van der Waals surface area contributed by atoms with Gasteiger partial charge in [0.05, 0.1) is 13.5 Å². The SMILES string of the molecule is COc1cccc(CC(=O)N2CCc3ccc(NC(=O)CC(C)N)cc32)c1. The highest BCUT2D eigenvalue weighted by Crippen LogP contribution is 2.31. The molecule has 1 aliphatic heterocycles. The third-order valence-corrected chi connectivity index (χ3v) is 4.56. The predicted molar refractivity (Wildman–Crippen MR) is 106 cm³/mol. The molecule has 0 saturated carbocycles. The summed E-state index contributed by atoms with van der Waals surface area (Å²) in [4.78, 5) is 26.6. The summed E-state index contributed by atoms with van der Waals surface area (Å²) in [5, 5.41) is 2.85. The largest absolute Gasteiger partial charge is 0.497 e. The number of amides is 2. The molecular weight excluding hydrogens is 342 g/mol. The van der Waals surface area contributed by atoms with Gasteiger partial charge in [0.1, 0.15) is 5.75 Å². The summed E-state index contributed by atoms with van der Waals surface area (Å²) in [6, 6.07) is 13.0. The molecule has 0 aromatic heterocycles. The maximum absolute atomic E-state index is 12.8. The summed E-state index contributed by atoms with van der Waals surface area (Å²) < 4.78 is 5.22. The second kappa shape index (κ2) is 8.22. The molecule has 0 saturated heterocycles. The van der Waals surface area contributed by atoms with Crippen molar-refractivity contribution in [2.75, 3.05) is 23.9 Å². The van der Waals surface area contributed by atoms with Gasteiger partial charge in [-0.15, -0.1) is 0 Å². The van der Waals surface area contributed by atoms with Gasteiger partial charge < -0.3 is 20.7 Å². The highest BCUT2D eigenvalue weighted by atomic mass is 16.5. The Bertz CT molecular complexity index is 848. The van der Waals surface area contributed by atoms with Crippen molar-refractivity contribution in [2.24, 2.45) is 5.73 Å². The van der Waals surface area contributed by atoms with Crippen LogP contribution in [0.15, 0.2) is 42.5 Å². The lowest BCUT2D eigenvalue weighted by Gasteiger charge is -2.18. The van der Waals surface area contributed by atoms with Gasteiger partial charge in [-0.25, -0.2) is 0 Å². The molecule has 6 heteroatoms. The summed E-state index contributed by atoms with van der Waals surface area (Å²) in [6.07, 6.45) is 1.38. The molecule has 1 atom stereocenters. The maximum atomic E-state index is 12.8. The molecule has 2 aromatic rings. The Morgan fingerprint density at radius 2 is 2.07 bits per heavy atom. The summed E-state index contributed by atoms with van der Waals surface area (Å²) in [5.74, 6) is 0.638. The Balaban J connectivity index is 1.73. The molecule has 0 spiro atoms. The molecule has 142 valence electrons. The summed E-state index contributed by atoms with van der Waals surface area (Å²) in [7, 11) is 1.61. The van der Waals surface area contributed by atoms with Crippen molar-refractivity contribution in [1.29, 1.82) is 0 Å². The number of nitrogens with two attached hydrogens (primary N) is 1. The first-order chi connectivity index (χ1) is 13.0. The highest BCUT2D eigenvalue weighted by Gasteiger charge is 2.25. The Morgan fingerprint density at radius 3 is 2.81 bits per heavy atom. The molecule has 1 unspecified atom stereocenters. The van der Waals surface area contributed by atoms with Crippen LogP contribution in [0.4, 0.5) is 11.4 Å². The molecule has 2 aromatic carbocycles. The van der Waals surface area contributed by atoms with Gasteiger partial charge in [0.25, 0.3) is 0 Å². The molecule has 1 heterocycles. The molecule has 0 radical (unpaired) electrons.